The molecule has 0 aromatic heterocycles. The number of fused-ring (bicyclic) bond motifs is 1. The molecule has 20 heavy (non-hydrogen) atoms. The van der Waals surface area contributed by atoms with E-state index in [9.17, 15) is 0 Å². The van der Waals surface area contributed by atoms with E-state index in [1.54, 1.807) is 0 Å². The Morgan fingerprint density at radius 2 is 2.05 bits per heavy atom. The summed E-state index contributed by atoms with van der Waals surface area (Å²) in [5, 5.41) is 0. The molecule has 0 spiro atoms. The van der Waals surface area contributed by atoms with Gasteiger partial charge in [0.25, 0.3) is 0 Å². The maximum Gasteiger partial charge on any atom is 0.122 e. The summed E-state index contributed by atoms with van der Waals surface area (Å²) in [6.07, 6.45) is 10.0. The van der Waals surface area contributed by atoms with E-state index in [1.807, 2.05) is 0 Å². The van der Waals surface area contributed by atoms with Gasteiger partial charge in [-0.2, -0.15) is 0 Å². The Kier molecular flexibility index (Phi) is 4.02. The van der Waals surface area contributed by atoms with Gasteiger partial charge in [0.2, 0.25) is 0 Å². The molecule has 2 nitrogen and oxygen atoms in total. The van der Waals surface area contributed by atoms with Gasteiger partial charge >= 0.3 is 0 Å². The van der Waals surface area contributed by atoms with Gasteiger partial charge in [0.15, 0.2) is 0 Å². The smallest absolute Gasteiger partial charge is 0.122 e. The number of rotatable bonds is 4. The highest BCUT2D eigenvalue weighted by Gasteiger charge is 2.32. The van der Waals surface area contributed by atoms with Gasteiger partial charge in [-0.1, -0.05) is 38.3 Å². The summed E-state index contributed by atoms with van der Waals surface area (Å²) in [4.78, 5) is 0. The number of hydrogen-bond donors (Lipinski definition) is 1. The predicted octanol–water partition coefficient (Wildman–Crippen LogP) is 3.85. The lowest BCUT2D eigenvalue weighted by Gasteiger charge is -2.39. The molecule has 3 rings (SSSR count). The summed E-state index contributed by atoms with van der Waals surface area (Å²) in [7, 11) is 0. The second-order valence-electron chi connectivity index (χ2n) is 6.90. The number of nitrogens with two attached hydrogens (primary N) is 1. The molecular weight excluding hydrogens is 246 g/mol. The minimum Gasteiger partial charge on any atom is -0.493 e. The first-order valence-electron chi connectivity index (χ1n) is 8.18. The third-order valence-corrected chi connectivity index (χ3v) is 5.39. The molecule has 1 aliphatic heterocycles. The molecule has 1 fully saturated rings. The average molecular weight is 273 g/mol. The summed E-state index contributed by atoms with van der Waals surface area (Å²) in [5.41, 5.74) is 9.69. The van der Waals surface area contributed by atoms with Crippen LogP contribution in [0.15, 0.2) is 18.2 Å². The van der Waals surface area contributed by atoms with E-state index in [-0.39, 0.29) is 0 Å². The molecule has 110 valence electrons. The molecule has 0 saturated heterocycles. The van der Waals surface area contributed by atoms with Gasteiger partial charge in [-0.25, -0.2) is 0 Å². The lowest BCUT2D eigenvalue weighted by atomic mass is 9.69. The lowest BCUT2D eigenvalue weighted by Crippen LogP contribution is -2.41. The van der Waals surface area contributed by atoms with E-state index < -0.39 is 0 Å². The summed E-state index contributed by atoms with van der Waals surface area (Å²) in [6.45, 7) is 3.24. The summed E-state index contributed by atoms with van der Waals surface area (Å²) in [6, 6.07) is 7.00. The van der Waals surface area contributed by atoms with Crippen LogP contribution in [0.4, 0.5) is 0 Å². The molecule has 1 heterocycles. The van der Waals surface area contributed by atoms with Crippen molar-refractivity contribution >= 4 is 0 Å². The minimum absolute atomic E-state index is 0.340. The Morgan fingerprint density at radius 3 is 2.85 bits per heavy atom. The standard InChI is InChI=1S/C18H27NO/c1-18(10-3-2-4-11-18)17(19)8-6-14-5-7-16-15(13-14)9-12-20-16/h5,7,13,17H,2-4,6,8-12,19H2,1H3. The highest BCUT2D eigenvalue weighted by Crippen LogP contribution is 2.39. The molecule has 0 radical (unpaired) electrons. The number of aryl methyl sites for hydroxylation is 1. The van der Waals surface area contributed by atoms with Crippen LogP contribution in [-0.2, 0) is 12.8 Å². The summed E-state index contributed by atoms with van der Waals surface area (Å²) >= 11 is 0. The van der Waals surface area contributed by atoms with Crippen molar-refractivity contribution in [1.29, 1.82) is 0 Å². The fourth-order valence-corrected chi connectivity index (χ4v) is 3.80. The van der Waals surface area contributed by atoms with Gasteiger partial charge in [0.1, 0.15) is 5.75 Å². The number of hydrogen-bond acceptors (Lipinski definition) is 2. The molecule has 0 amide bonds. The molecule has 1 unspecified atom stereocenters. The van der Waals surface area contributed by atoms with Crippen LogP contribution in [0.25, 0.3) is 0 Å². The fraction of sp³-hybridized carbons (Fsp3) is 0.667. The molecule has 2 aliphatic rings. The third-order valence-electron chi connectivity index (χ3n) is 5.39. The normalized spacial score (nSPS) is 22.1. The SMILES string of the molecule is CC1(C(N)CCc2ccc3c(c2)CCO3)CCCCC1. The van der Waals surface area contributed by atoms with Gasteiger partial charge in [-0.3, -0.25) is 0 Å². The van der Waals surface area contributed by atoms with E-state index >= 15 is 0 Å². The Hall–Kier alpha value is -1.02. The quantitative estimate of drug-likeness (QED) is 0.904. The maximum absolute atomic E-state index is 6.52. The molecule has 0 bridgehead atoms. The largest absolute Gasteiger partial charge is 0.493 e. The minimum atomic E-state index is 0.340. The first-order chi connectivity index (χ1) is 9.67. The highest BCUT2D eigenvalue weighted by atomic mass is 16.5. The monoisotopic (exact) mass is 273 g/mol. The van der Waals surface area contributed by atoms with Crippen molar-refractivity contribution in [1.82, 2.24) is 0 Å². The van der Waals surface area contributed by atoms with Crippen molar-refractivity contribution in [3.8, 4) is 5.75 Å². The van der Waals surface area contributed by atoms with Gasteiger partial charge in [-0.15, -0.1) is 0 Å². The van der Waals surface area contributed by atoms with Crippen molar-refractivity contribution < 1.29 is 4.74 Å². The van der Waals surface area contributed by atoms with Crippen LogP contribution in [0.1, 0.15) is 56.6 Å². The van der Waals surface area contributed by atoms with Crippen LogP contribution in [0.2, 0.25) is 0 Å². The molecule has 1 aromatic rings. The van der Waals surface area contributed by atoms with Crippen molar-refractivity contribution in [3.05, 3.63) is 29.3 Å². The Bertz CT molecular complexity index is 462. The predicted molar refractivity (Wildman–Crippen MR) is 83.1 cm³/mol. The molecular formula is C18H27NO. The van der Waals surface area contributed by atoms with Crippen molar-refractivity contribution in [2.24, 2.45) is 11.1 Å². The first kappa shape index (κ1) is 13.9. The van der Waals surface area contributed by atoms with Crippen molar-refractivity contribution in [3.63, 3.8) is 0 Å². The third kappa shape index (κ3) is 2.85. The number of ether oxygens (including phenoxy) is 1. The Labute approximate surface area is 122 Å². The second kappa shape index (κ2) is 5.77. The molecule has 1 saturated carbocycles. The Balaban J connectivity index is 1.58. The van der Waals surface area contributed by atoms with Gasteiger partial charge < -0.3 is 10.5 Å². The summed E-state index contributed by atoms with van der Waals surface area (Å²) in [5.74, 6) is 1.08. The van der Waals surface area contributed by atoms with E-state index in [0.29, 0.717) is 11.5 Å². The zero-order valence-corrected chi connectivity index (χ0v) is 12.7. The number of benzene rings is 1. The van der Waals surface area contributed by atoms with Crippen LogP contribution in [0.3, 0.4) is 0 Å². The van der Waals surface area contributed by atoms with Crippen LogP contribution in [0, 0.1) is 5.41 Å². The zero-order valence-electron chi connectivity index (χ0n) is 12.7. The maximum atomic E-state index is 6.52. The van der Waals surface area contributed by atoms with Crippen molar-refractivity contribution in [2.45, 2.75) is 64.3 Å². The Morgan fingerprint density at radius 1 is 1.25 bits per heavy atom. The van der Waals surface area contributed by atoms with Gasteiger partial charge in [0, 0.05) is 12.5 Å². The van der Waals surface area contributed by atoms with E-state index in [1.165, 1.54) is 43.2 Å². The zero-order chi connectivity index (χ0) is 14.0. The van der Waals surface area contributed by atoms with E-state index in [0.717, 1.165) is 31.6 Å². The van der Waals surface area contributed by atoms with Crippen LogP contribution < -0.4 is 10.5 Å². The summed E-state index contributed by atoms with van der Waals surface area (Å²) < 4.78 is 5.57. The highest BCUT2D eigenvalue weighted by molar-refractivity contribution is 5.39. The topological polar surface area (TPSA) is 35.2 Å². The lowest BCUT2D eigenvalue weighted by molar-refractivity contribution is 0.163. The first-order valence-corrected chi connectivity index (χ1v) is 8.18. The molecule has 1 aromatic carbocycles. The van der Waals surface area contributed by atoms with Crippen LogP contribution in [0.5, 0.6) is 5.75 Å². The van der Waals surface area contributed by atoms with E-state index in [2.05, 4.69) is 25.1 Å². The molecule has 2 heteroatoms. The van der Waals surface area contributed by atoms with Crippen molar-refractivity contribution in [2.75, 3.05) is 6.61 Å². The average Bonchev–Trinajstić information content (AvgIpc) is 2.93. The van der Waals surface area contributed by atoms with Crippen LogP contribution in [-0.4, -0.2) is 12.6 Å². The molecule has 1 aliphatic carbocycles. The molecule has 2 N–H and O–H groups in total. The molecule has 1 atom stereocenters. The van der Waals surface area contributed by atoms with E-state index in [4.69, 9.17) is 10.5 Å². The van der Waals surface area contributed by atoms with Gasteiger partial charge in [0.05, 0.1) is 6.61 Å². The fourth-order valence-electron chi connectivity index (χ4n) is 3.80. The van der Waals surface area contributed by atoms with Crippen LogP contribution >= 0.6 is 0 Å². The second-order valence-corrected chi connectivity index (χ2v) is 6.90. The van der Waals surface area contributed by atoms with Gasteiger partial charge in [-0.05, 0) is 48.3 Å².